The number of amides is 1. The molecule has 0 aliphatic heterocycles. The molecule has 2 heteroatoms. The molecule has 1 unspecified atom stereocenters. The second-order valence-electron chi connectivity index (χ2n) is 5.13. The van der Waals surface area contributed by atoms with E-state index in [1.807, 2.05) is 20.8 Å². The average molecular weight is 269 g/mol. The van der Waals surface area contributed by atoms with Crippen LogP contribution in [-0.2, 0) is 4.79 Å². The van der Waals surface area contributed by atoms with Gasteiger partial charge in [0.1, 0.15) is 0 Å². The van der Waals surface area contributed by atoms with Crippen LogP contribution in [0.15, 0.2) is 12.2 Å². The summed E-state index contributed by atoms with van der Waals surface area (Å²) in [6, 6.07) is 0.202. The topological polar surface area (TPSA) is 29.1 Å². The maximum Gasteiger partial charge on any atom is 0.217 e. The van der Waals surface area contributed by atoms with Crippen molar-refractivity contribution in [3.05, 3.63) is 12.2 Å². The number of nitrogens with one attached hydrogen (secondary N) is 1. The van der Waals surface area contributed by atoms with Gasteiger partial charge in [-0.05, 0) is 25.7 Å². The Hall–Kier alpha value is -0.790. The zero-order valence-corrected chi connectivity index (χ0v) is 14.0. The summed E-state index contributed by atoms with van der Waals surface area (Å²) >= 11 is 0. The second-order valence-corrected chi connectivity index (χ2v) is 5.13. The molecule has 0 heterocycles. The summed E-state index contributed by atoms with van der Waals surface area (Å²) in [5.74, 6) is 0.675. The van der Waals surface area contributed by atoms with Gasteiger partial charge in [-0.15, -0.1) is 0 Å². The molecule has 1 rings (SSSR count). The Bertz CT molecular complexity index is 229. The summed E-state index contributed by atoms with van der Waals surface area (Å²) < 4.78 is 0. The molecular formula is C17H35NO. The predicted molar refractivity (Wildman–Crippen MR) is 86.3 cm³/mol. The van der Waals surface area contributed by atoms with Crippen molar-refractivity contribution in [1.29, 1.82) is 0 Å². The number of rotatable bonds is 3. The molecular weight excluding hydrogens is 234 g/mol. The summed E-state index contributed by atoms with van der Waals surface area (Å²) in [5.41, 5.74) is 1.09. The maximum atomic E-state index is 11.0. The molecule has 1 aliphatic carbocycles. The largest absolute Gasteiger partial charge is 0.350 e. The van der Waals surface area contributed by atoms with Gasteiger partial charge in [0, 0.05) is 6.92 Å². The van der Waals surface area contributed by atoms with Gasteiger partial charge in [0.2, 0.25) is 5.91 Å². The molecule has 1 saturated carbocycles. The van der Waals surface area contributed by atoms with Crippen molar-refractivity contribution < 1.29 is 4.79 Å². The average Bonchev–Trinajstić information content (AvgIpc) is 2.40. The molecule has 1 aliphatic rings. The highest BCUT2D eigenvalue weighted by molar-refractivity contribution is 5.73. The molecule has 0 spiro atoms. The normalized spacial score (nSPS) is 16.1. The third-order valence-electron chi connectivity index (χ3n) is 3.01. The lowest BCUT2D eigenvalue weighted by Gasteiger charge is -2.31. The van der Waals surface area contributed by atoms with E-state index < -0.39 is 0 Å². The zero-order valence-electron chi connectivity index (χ0n) is 14.0. The fourth-order valence-electron chi connectivity index (χ4n) is 2.33. The smallest absolute Gasteiger partial charge is 0.217 e. The molecule has 0 aromatic carbocycles. The summed E-state index contributed by atoms with van der Waals surface area (Å²) in [7, 11) is 0. The number of hydrogen-bond donors (Lipinski definition) is 1. The molecule has 1 atom stereocenters. The van der Waals surface area contributed by atoms with E-state index in [9.17, 15) is 4.79 Å². The van der Waals surface area contributed by atoms with Crippen LogP contribution >= 0.6 is 0 Å². The van der Waals surface area contributed by atoms with Crippen LogP contribution in [0.2, 0.25) is 0 Å². The van der Waals surface area contributed by atoms with E-state index in [-0.39, 0.29) is 11.9 Å². The summed E-state index contributed by atoms with van der Waals surface area (Å²) in [5, 5.41) is 3.01. The maximum absolute atomic E-state index is 11.0. The predicted octanol–water partition coefficient (Wildman–Crippen LogP) is 5.09. The van der Waals surface area contributed by atoms with E-state index in [2.05, 4.69) is 25.7 Å². The van der Waals surface area contributed by atoms with Crippen molar-refractivity contribution in [2.75, 3.05) is 0 Å². The van der Waals surface area contributed by atoms with Crippen LogP contribution in [-0.4, -0.2) is 11.9 Å². The molecule has 1 amide bonds. The lowest BCUT2D eigenvalue weighted by molar-refractivity contribution is -0.119. The fourth-order valence-corrected chi connectivity index (χ4v) is 2.33. The number of carbonyl (C=O) groups is 1. The van der Waals surface area contributed by atoms with Crippen LogP contribution in [0.5, 0.6) is 0 Å². The Kier molecular flexibility index (Phi) is 14.7. The van der Waals surface area contributed by atoms with E-state index in [4.69, 9.17) is 0 Å². The first-order chi connectivity index (χ1) is 9.02. The van der Waals surface area contributed by atoms with E-state index in [1.165, 1.54) is 38.5 Å². The summed E-state index contributed by atoms with van der Waals surface area (Å²) in [4.78, 5) is 11.0. The third-order valence-corrected chi connectivity index (χ3v) is 3.01. The van der Waals surface area contributed by atoms with Gasteiger partial charge in [-0.1, -0.05) is 65.5 Å². The quantitative estimate of drug-likeness (QED) is 0.710. The highest BCUT2D eigenvalue weighted by Crippen LogP contribution is 2.28. The molecule has 0 aromatic heterocycles. The Morgan fingerprint density at radius 2 is 1.58 bits per heavy atom. The molecule has 1 N–H and O–H groups in total. The zero-order chi connectivity index (χ0) is 15.3. The Labute approximate surface area is 121 Å². The van der Waals surface area contributed by atoms with Gasteiger partial charge < -0.3 is 5.32 Å². The summed E-state index contributed by atoms with van der Waals surface area (Å²) in [6.45, 7) is 15.8. The van der Waals surface area contributed by atoms with Crippen LogP contribution in [0, 0.1) is 5.92 Å². The Morgan fingerprint density at radius 1 is 1.16 bits per heavy atom. The molecule has 114 valence electrons. The van der Waals surface area contributed by atoms with Crippen molar-refractivity contribution in [1.82, 2.24) is 5.32 Å². The van der Waals surface area contributed by atoms with Crippen molar-refractivity contribution >= 4 is 5.91 Å². The van der Waals surface area contributed by atoms with Crippen molar-refractivity contribution in [2.24, 2.45) is 5.92 Å². The molecule has 2 nitrogen and oxygen atoms in total. The van der Waals surface area contributed by atoms with Crippen LogP contribution in [0.1, 0.15) is 80.1 Å². The van der Waals surface area contributed by atoms with Gasteiger partial charge in [-0.3, -0.25) is 4.79 Å². The first-order valence-corrected chi connectivity index (χ1v) is 7.95. The van der Waals surface area contributed by atoms with Crippen LogP contribution in [0.3, 0.4) is 0 Å². The minimum atomic E-state index is 0.0589. The van der Waals surface area contributed by atoms with Crippen molar-refractivity contribution in [2.45, 2.75) is 86.1 Å². The monoisotopic (exact) mass is 269 g/mol. The van der Waals surface area contributed by atoms with Gasteiger partial charge in [-0.25, -0.2) is 0 Å². The van der Waals surface area contributed by atoms with Gasteiger partial charge >= 0.3 is 0 Å². The highest BCUT2D eigenvalue weighted by atomic mass is 16.1. The first-order valence-electron chi connectivity index (χ1n) is 7.95. The molecule has 1 fully saturated rings. The summed E-state index contributed by atoms with van der Waals surface area (Å²) in [6.07, 6.45) is 7.66. The van der Waals surface area contributed by atoms with Gasteiger partial charge in [-0.2, -0.15) is 0 Å². The molecule has 0 bridgehead atoms. The van der Waals surface area contributed by atoms with Crippen LogP contribution < -0.4 is 5.32 Å². The van der Waals surface area contributed by atoms with Gasteiger partial charge in [0.25, 0.3) is 0 Å². The minimum absolute atomic E-state index is 0.0589. The fraction of sp³-hybridized carbons (Fsp3) is 0.824. The first kappa shape index (κ1) is 20.5. The Morgan fingerprint density at radius 3 is 1.89 bits per heavy atom. The van der Waals surface area contributed by atoms with Gasteiger partial charge in [0.05, 0.1) is 6.04 Å². The van der Waals surface area contributed by atoms with E-state index in [0.29, 0.717) is 5.92 Å². The molecule has 0 saturated heterocycles. The van der Waals surface area contributed by atoms with Crippen molar-refractivity contribution in [3.63, 3.8) is 0 Å². The SMILES string of the molecule is C=C(C)C(NC(C)=O)C1CCCCC1.CC.CCC. The molecule has 0 radical (unpaired) electrons. The van der Waals surface area contributed by atoms with Crippen LogP contribution in [0.25, 0.3) is 0 Å². The van der Waals surface area contributed by atoms with Crippen molar-refractivity contribution in [3.8, 4) is 0 Å². The highest BCUT2D eigenvalue weighted by Gasteiger charge is 2.24. The minimum Gasteiger partial charge on any atom is -0.350 e. The lowest BCUT2D eigenvalue weighted by Crippen LogP contribution is -2.40. The van der Waals surface area contributed by atoms with Gasteiger partial charge in [0.15, 0.2) is 0 Å². The number of hydrogen-bond acceptors (Lipinski definition) is 1. The second kappa shape index (κ2) is 13.6. The standard InChI is InChI=1S/C12H21NO.C3H8.C2H6/c1-9(2)12(13-10(3)14)11-7-5-4-6-8-11;1-3-2;1-2/h11-12H,1,4-8H2,2-3H3,(H,13,14);3H2,1-2H3;1-2H3. The van der Waals surface area contributed by atoms with E-state index in [1.54, 1.807) is 6.92 Å². The van der Waals surface area contributed by atoms with Crippen LogP contribution in [0.4, 0.5) is 0 Å². The van der Waals surface area contributed by atoms with E-state index in [0.717, 1.165) is 5.57 Å². The van der Waals surface area contributed by atoms with E-state index >= 15 is 0 Å². The lowest BCUT2D eigenvalue weighted by atomic mass is 9.81. The Balaban J connectivity index is 0. The number of carbonyl (C=O) groups excluding carboxylic acids is 1. The molecule has 0 aromatic rings. The molecule has 19 heavy (non-hydrogen) atoms. The third kappa shape index (κ3) is 10.8.